The Labute approximate surface area is 132 Å². The van der Waals surface area contributed by atoms with Crippen molar-refractivity contribution < 1.29 is 13.2 Å². The zero-order valence-electron chi connectivity index (χ0n) is 12.8. The molecule has 1 saturated heterocycles. The Bertz CT molecular complexity index is 618. The zero-order valence-corrected chi connectivity index (χ0v) is 13.6. The molecule has 1 amide bonds. The second kappa shape index (κ2) is 7.56. The highest BCUT2D eigenvalue weighted by Crippen LogP contribution is 2.06. The predicted octanol–water partition coefficient (Wildman–Crippen LogP) is 0.889. The zero-order chi connectivity index (χ0) is 16.0. The number of benzene rings is 1. The largest absolute Gasteiger partial charge is 0.337 e. The fourth-order valence-electron chi connectivity index (χ4n) is 2.32. The molecular formula is C16H22N2O3S. The van der Waals surface area contributed by atoms with Crippen molar-refractivity contribution in [3.05, 3.63) is 42.0 Å². The highest BCUT2D eigenvalue weighted by molar-refractivity contribution is 7.90. The van der Waals surface area contributed by atoms with E-state index >= 15 is 0 Å². The first-order chi connectivity index (χ1) is 10.4. The van der Waals surface area contributed by atoms with Gasteiger partial charge in [-0.15, -0.1) is 0 Å². The molecule has 0 unspecified atom stereocenters. The molecule has 0 N–H and O–H groups in total. The fourth-order valence-corrected chi connectivity index (χ4v) is 2.91. The molecule has 0 radical (unpaired) electrons. The Balaban J connectivity index is 1.79. The smallest absolute Gasteiger partial charge is 0.246 e. The lowest BCUT2D eigenvalue weighted by Gasteiger charge is -2.34. The summed E-state index contributed by atoms with van der Waals surface area (Å²) < 4.78 is 22.3. The van der Waals surface area contributed by atoms with E-state index < -0.39 is 9.84 Å². The van der Waals surface area contributed by atoms with Crippen molar-refractivity contribution in [1.29, 1.82) is 0 Å². The molecule has 1 aliphatic heterocycles. The summed E-state index contributed by atoms with van der Waals surface area (Å²) in [6.45, 7) is 3.27. The highest BCUT2D eigenvalue weighted by atomic mass is 32.2. The van der Waals surface area contributed by atoms with Crippen LogP contribution in [0.5, 0.6) is 0 Å². The molecule has 0 bridgehead atoms. The summed E-state index contributed by atoms with van der Waals surface area (Å²) in [4.78, 5) is 16.0. The first-order valence-electron chi connectivity index (χ1n) is 7.36. The van der Waals surface area contributed by atoms with Crippen LogP contribution in [0.1, 0.15) is 5.56 Å². The molecule has 0 saturated carbocycles. The van der Waals surface area contributed by atoms with Gasteiger partial charge < -0.3 is 4.90 Å². The molecule has 2 rings (SSSR count). The molecule has 120 valence electrons. The molecule has 1 aliphatic rings. The number of amides is 1. The van der Waals surface area contributed by atoms with E-state index in [2.05, 4.69) is 4.90 Å². The number of sulfone groups is 1. The minimum absolute atomic E-state index is 0.00613. The van der Waals surface area contributed by atoms with Crippen LogP contribution in [-0.4, -0.2) is 68.9 Å². The molecule has 1 aromatic rings. The van der Waals surface area contributed by atoms with Crippen LogP contribution in [0.2, 0.25) is 0 Å². The Morgan fingerprint density at radius 3 is 2.36 bits per heavy atom. The maximum absolute atomic E-state index is 12.1. The van der Waals surface area contributed by atoms with E-state index in [9.17, 15) is 13.2 Å². The van der Waals surface area contributed by atoms with Gasteiger partial charge in [0.25, 0.3) is 0 Å². The van der Waals surface area contributed by atoms with Crippen LogP contribution in [0.3, 0.4) is 0 Å². The normalized spacial score (nSPS) is 17.0. The SMILES string of the molecule is CS(=O)(=O)CCN1CCN(C(=O)C=Cc2ccccc2)CC1. The summed E-state index contributed by atoms with van der Waals surface area (Å²) in [6, 6.07) is 9.71. The van der Waals surface area contributed by atoms with E-state index in [1.807, 2.05) is 36.4 Å². The minimum Gasteiger partial charge on any atom is -0.337 e. The van der Waals surface area contributed by atoms with Gasteiger partial charge in [0.2, 0.25) is 5.91 Å². The van der Waals surface area contributed by atoms with Gasteiger partial charge >= 0.3 is 0 Å². The molecule has 0 aliphatic carbocycles. The Kier molecular flexibility index (Phi) is 5.74. The number of piperazine rings is 1. The molecule has 0 atom stereocenters. The van der Waals surface area contributed by atoms with Crippen molar-refractivity contribution >= 4 is 21.8 Å². The van der Waals surface area contributed by atoms with Gasteiger partial charge in [-0.2, -0.15) is 0 Å². The molecular weight excluding hydrogens is 300 g/mol. The van der Waals surface area contributed by atoms with E-state index in [0.29, 0.717) is 19.6 Å². The third-order valence-corrected chi connectivity index (χ3v) is 4.60. The Hall–Kier alpha value is -1.66. The molecule has 6 heteroatoms. The van der Waals surface area contributed by atoms with E-state index in [-0.39, 0.29) is 11.7 Å². The van der Waals surface area contributed by atoms with E-state index in [4.69, 9.17) is 0 Å². The van der Waals surface area contributed by atoms with Gasteiger partial charge in [0, 0.05) is 45.1 Å². The van der Waals surface area contributed by atoms with Crippen LogP contribution in [-0.2, 0) is 14.6 Å². The van der Waals surface area contributed by atoms with Gasteiger partial charge in [-0.05, 0) is 11.6 Å². The van der Waals surface area contributed by atoms with Crippen molar-refractivity contribution in [2.75, 3.05) is 44.7 Å². The van der Waals surface area contributed by atoms with Gasteiger partial charge in [-0.3, -0.25) is 9.69 Å². The number of hydrogen-bond acceptors (Lipinski definition) is 4. The lowest BCUT2D eigenvalue weighted by atomic mass is 10.2. The highest BCUT2D eigenvalue weighted by Gasteiger charge is 2.20. The standard InChI is InChI=1S/C16H22N2O3S/c1-22(20,21)14-13-17-9-11-18(12-10-17)16(19)8-7-15-5-3-2-4-6-15/h2-8H,9-14H2,1H3. The Morgan fingerprint density at radius 2 is 1.77 bits per heavy atom. The summed E-state index contributed by atoms with van der Waals surface area (Å²) in [5.74, 6) is 0.182. The summed E-state index contributed by atoms with van der Waals surface area (Å²) in [5, 5.41) is 0. The van der Waals surface area contributed by atoms with E-state index in [1.54, 1.807) is 11.0 Å². The number of hydrogen-bond donors (Lipinski definition) is 0. The maximum atomic E-state index is 12.1. The number of rotatable bonds is 5. The Morgan fingerprint density at radius 1 is 1.14 bits per heavy atom. The van der Waals surface area contributed by atoms with Gasteiger partial charge in [-0.1, -0.05) is 30.3 Å². The second-order valence-electron chi connectivity index (χ2n) is 5.54. The number of carbonyl (C=O) groups is 1. The van der Waals surface area contributed by atoms with Crippen molar-refractivity contribution in [1.82, 2.24) is 9.80 Å². The van der Waals surface area contributed by atoms with E-state index in [1.165, 1.54) is 6.26 Å². The average Bonchev–Trinajstić information content (AvgIpc) is 2.51. The van der Waals surface area contributed by atoms with Crippen LogP contribution in [0.15, 0.2) is 36.4 Å². The van der Waals surface area contributed by atoms with E-state index in [0.717, 1.165) is 18.7 Å². The van der Waals surface area contributed by atoms with Gasteiger partial charge in [-0.25, -0.2) is 8.42 Å². The van der Waals surface area contributed by atoms with Crippen LogP contribution in [0.4, 0.5) is 0 Å². The summed E-state index contributed by atoms with van der Waals surface area (Å²) in [6.07, 6.45) is 4.67. The first-order valence-corrected chi connectivity index (χ1v) is 9.42. The van der Waals surface area contributed by atoms with Gasteiger partial charge in [0.05, 0.1) is 5.75 Å². The van der Waals surface area contributed by atoms with Crippen LogP contribution in [0.25, 0.3) is 6.08 Å². The molecule has 0 spiro atoms. The first kappa shape index (κ1) is 16.7. The molecule has 22 heavy (non-hydrogen) atoms. The van der Waals surface area contributed by atoms with Crippen molar-refractivity contribution in [3.63, 3.8) is 0 Å². The van der Waals surface area contributed by atoms with Gasteiger partial charge in [0.1, 0.15) is 9.84 Å². The minimum atomic E-state index is -2.93. The summed E-state index contributed by atoms with van der Waals surface area (Å²) in [5.41, 5.74) is 1.00. The van der Waals surface area contributed by atoms with Crippen LogP contribution < -0.4 is 0 Å². The maximum Gasteiger partial charge on any atom is 0.246 e. The third-order valence-electron chi connectivity index (χ3n) is 3.68. The van der Waals surface area contributed by atoms with Gasteiger partial charge in [0.15, 0.2) is 0 Å². The number of nitrogens with zero attached hydrogens (tertiary/aromatic N) is 2. The molecule has 0 aromatic heterocycles. The topological polar surface area (TPSA) is 57.7 Å². The molecule has 1 heterocycles. The molecule has 1 fully saturated rings. The summed E-state index contributed by atoms with van der Waals surface area (Å²) in [7, 11) is -2.93. The predicted molar refractivity (Wildman–Crippen MR) is 88.2 cm³/mol. The quantitative estimate of drug-likeness (QED) is 0.756. The molecule has 5 nitrogen and oxygen atoms in total. The lowest BCUT2D eigenvalue weighted by Crippen LogP contribution is -2.49. The van der Waals surface area contributed by atoms with Crippen LogP contribution >= 0.6 is 0 Å². The van der Waals surface area contributed by atoms with Crippen molar-refractivity contribution in [2.45, 2.75) is 0 Å². The molecule has 1 aromatic carbocycles. The third kappa shape index (κ3) is 5.61. The van der Waals surface area contributed by atoms with Crippen molar-refractivity contribution in [3.8, 4) is 0 Å². The van der Waals surface area contributed by atoms with Crippen LogP contribution in [0, 0.1) is 0 Å². The monoisotopic (exact) mass is 322 g/mol. The fraction of sp³-hybridized carbons (Fsp3) is 0.438. The second-order valence-corrected chi connectivity index (χ2v) is 7.80. The van der Waals surface area contributed by atoms with Crippen molar-refractivity contribution in [2.24, 2.45) is 0 Å². The average molecular weight is 322 g/mol. The lowest BCUT2D eigenvalue weighted by molar-refractivity contribution is -0.127. The number of carbonyl (C=O) groups excluding carboxylic acids is 1. The summed E-state index contributed by atoms with van der Waals surface area (Å²) >= 11 is 0.